The molecular formula is C18H22N2O4S. The van der Waals surface area contributed by atoms with E-state index in [9.17, 15) is 13.2 Å². The van der Waals surface area contributed by atoms with E-state index in [2.05, 4.69) is 10.0 Å². The van der Waals surface area contributed by atoms with Gasteiger partial charge in [0, 0.05) is 5.56 Å². The summed E-state index contributed by atoms with van der Waals surface area (Å²) in [6.45, 7) is 1.97. The van der Waals surface area contributed by atoms with Crippen LogP contribution < -0.4 is 14.8 Å². The lowest BCUT2D eigenvalue weighted by molar-refractivity contribution is 0.0935. The molecule has 2 rings (SSSR count). The largest absolute Gasteiger partial charge is 0.497 e. The van der Waals surface area contributed by atoms with Crippen molar-refractivity contribution in [1.82, 2.24) is 10.0 Å². The number of sulfonamides is 1. The number of carbonyl (C=O) groups excluding carboxylic acids is 1. The highest BCUT2D eigenvalue weighted by atomic mass is 32.2. The minimum Gasteiger partial charge on any atom is -0.497 e. The summed E-state index contributed by atoms with van der Waals surface area (Å²) in [4.78, 5) is 12.6. The molecule has 134 valence electrons. The van der Waals surface area contributed by atoms with Gasteiger partial charge >= 0.3 is 0 Å². The number of carbonyl (C=O) groups is 1. The number of hydrogen-bond donors (Lipinski definition) is 2. The van der Waals surface area contributed by atoms with E-state index < -0.39 is 10.0 Å². The number of hydrogen-bond acceptors (Lipinski definition) is 4. The van der Waals surface area contributed by atoms with E-state index in [4.69, 9.17) is 4.74 Å². The second-order valence-corrected chi connectivity index (χ2v) is 7.33. The van der Waals surface area contributed by atoms with Crippen LogP contribution in [0.5, 0.6) is 5.75 Å². The summed E-state index contributed by atoms with van der Waals surface area (Å²) in [7, 11) is -0.662. The van der Waals surface area contributed by atoms with Crippen LogP contribution in [0.1, 0.15) is 35.3 Å². The standard InChI is InChI=1S/C18H22N2O4S/c1-4-17(13-8-10-15(24-3)11-9-13)20-18(21)14-6-5-7-16(12-14)25(22,23)19-2/h5-12,17,19H,4H2,1-3H3,(H,20,21). The maximum Gasteiger partial charge on any atom is 0.251 e. The number of rotatable bonds is 7. The number of amides is 1. The molecule has 0 heterocycles. The average molecular weight is 362 g/mol. The van der Waals surface area contributed by atoms with Gasteiger partial charge in [-0.25, -0.2) is 13.1 Å². The summed E-state index contributed by atoms with van der Waals surface area (Å²) in [5.74, 6) is 0.422. The Hall–Kier alpha value is -2.38. The fraction of sp³-hybridized carbons (Fsp3) is 0.278. The van der Waals surface area contributed by atoms with Gasteiger partial charge in [0.2, 0.25) is 10.0 Å². The first-order valence-electron chi connectivity index (χ1n) is 7.89. The monoisotopic (exact) mass is 362 g/mol. The predicted molar refractivity (Wildman–Crippen MR) is 96.2 cm³/mol. The highest BCUT2D eigenvalue weighted by molar-refractivity contribution is 7.89. The van der Waals surface area contributed by atoms with Gasteiger partial charge in [-0.05, 0) is 49.4 Å². The number of ether oxygens (including phenoxy) is 1. The molecule has 2 N–H and O–H groups in total. The van der Waals surface area contributed by atoms with Crippen LogP contribution in [0.25, 0.3) is 0 Å². The van der Waals surface area contributed by atoms with Crippen LogP contribution in [0, 0.1) is 0 Å². The Morgan fingerprint density at radius 1 is 1.16 bits per heavy atom. The van der Waals surface area contributed by atoms with E-state index in [1.54, 1.807) is 19.2 Å². The molecule has 1 amide bonds. The Balaban J connectivity index is 2.20. The zero-order chi connectivity index (χ0) is 18.4. The fourth-order valence-corrected chi connectivity index (χ4v) is 3.20. The quantitative estimate of drug-likeness (QED) is 0.792. The predicted octanol–water partition coefficient (Wildman–Crippen LogP) is 2.48. The van der Waals surface area contributed by atoms with Crippen molar-refractivity contribution < 1.29 is 17.9 Å². The Morgan fingerprint density at radius 3 is 2.40 bits per heavy atom. The van der Waals surface area contributed by atoms with Gasteiger partial charge in [0.15, 0.2) is 0 Å². The summed E-state index contributed by atoms with van der Waals surface area (Å²) >= 11 is 0. The Morgan fingerprint density at radius 2 is 1.84 bits per heavy atom. The molecule has 25 heavy (non-hydrogen) atoms. The maximum absolute atomic E-state index is 12.5. The molecule has 2 aromatic carbocycles. The Labute approximate surface area is 148 Å². The van der Waals surface area contributed by atoms with Crippen molar-refractivity contribution in [2.75, 3.05) is 14.2 Å². The van der Waals surface area contributed by atoms with Crippen molar-refractivity contribution in [1.29, 1.82) is 0 Å². The Bertz CT molecular complexity index is 832. The SMILES string of the molecule is CCC(NC(=O)c1cccc(S(=O)(=O)NC)c1)c1ccc(OC)cc1. The van der Waals surface area contributed by atoms with Gasteiger partial charge < -0.3 is 10.1 Å². The maximum atomic E-state index is 12.5. The van der Waals surface area contributed by atoms with Crippen LogP contribution in [0.3, 0.4) is 0 Å². The molecule has 0 fully saturated rings. The van der Waals surface area contributed by atoms with Crippen LogP contribution in [0.15, 0.2) is 53.4 Å². The summed E-state index contributed by atoms with van der Waals surface area (Å²) in [6.07, 6.45) is 0.701. The third-order valence-corrected chi connectivity index (χ3v) is 5.32. The van der Waals surface area contributed by atoms with E-state index in [1.165, 1.54) is 19.2 Å². The highest BCUT2D eigenvalue weighted by Gasteiger charge is 2.17. The van der Waals surface area contributed by atoms with Crippen molar-refractivity contribution in [2.45, 2.75) is 24.3 Å². The smallest absolute Gasteiger partial charge is 0.251 e. The van der Waals surface area contributed by atoms with Gasteiger partial charge in [0.1, 0.15) is 5.75 Å². The Kier molecular flexibility index (Phi) is 6.17. The highest BCUT2D eigenvalue weighted by Crippen LogP contribution is 2.21. The first-order chi connectivity index (χ1) is 11.9. The molecule has 7 heteroatoms. The van der Waals surface area contributed by atoms with Crippen LogP contribution in [-0.2, 0) is 10.0 Å². The van der Waals surface area contributed by atoms with Crippen LogP contribution in [0.4, 0.5) is 0 Å². The molecule has 0 saturated heterocycles. The van der Waals surface area contributed by atoms with Crippen molar-refractivity contribution in [2.24, 2.45) is 0 Å². The second-order valence-electron chi connectivity index (χ2n) is 5.44. The topological polar surface area (TPSA) is 84.5 Å². The van der Waals surface area contributed by atoms with Crippen molar-refractivity contribution >= 4 is 15.9 Å². The van der Waals surface area contributed by atoms with Crippen LogP contribution in [0.2, 0.25) is 0 Å². The summed E-state index contributed by atoms with van der Waals surface area (Å²) in [6, 6.07) is 13.2. The zero-order valence-electron chi connectivity index (χ0n) is 14.4. The summed E-state index contributed by atoms with van der Waals surface area (Å²) in [5.41, 5.74) is 1.25. The van der Waals surface area contributed by atoms with E-state index >= 15 is 0 Å². The molecule has 0 spiro atoms. The summed E-state index contributed by atoms with van der Waals surface area (Å²) < 4.78 is 31.1. The third-order valence-electron chi connectivity index (χ3n) is 3.91. The molecule has 0 aliphatic rings. The first kappa shape index (κ1) is 19.0. The first-order valence-corrected chi connectivity index (χ1v) is 9.38. The lowest BCUT2D eigenvalue weighted by Crippen LogP contribution is -2.28. The molecule has 0 bridgehead atoms. The average Bonchev–Trinajstić information content (AvgIpc) is 2.66. The molecule has 0 aromatic heterocycles. The summed E-state index contributed by atoms with van der Waals surface area (Å²) in [5, 5.41) is 2.94. The molecule has 0 aliphatic carbocycles. The lowest BCUT2D eigenvalue weighted by Gasteiger charge is -2.18. The lowest BCUT2D eigenvalue weighted by atomic mass is 10.0. The van der Waals surface area contributed by atoms with Crippen LogP contribution >= 0.6 is 0 Å². The van der Waals surface area contributed by atoms with Gasteiger partial charge in [-0.15, -0.1) is 0 Å². The van der Waals surface area contributed by atoms with E-state index in [-0.39, 0.29) is 16.8 Å². The molecule has 0 aliphatic heterocycles. The van der Waals surface area contributed by atoms with Gasteiger partial charge in [0.25, 0.3) is 5.91 Å². The van der Waals surface area contributed by atoms with Gasteiger partial charge in [-0.1, -0.05) is 25.1 Å². The van der Waals surface area contributed by atoms with Crippen molar-refractivity contribution in [3.63, 3.8) is 0 Å². The zero-order valence-corrected chi connectivity index (χ0v) is 15.3. The number of nitrogens with one attached hydrogen (secondary N) is 2. The second kappa shape index (κ2) is 8.13. The van der Waals surface area contributed by atoms with Gasteiger partial charge in [-0.2, -0.15) is 0 Å². The molecule has 0 saturated carbocycles. The van der Waals surface area contributed by atoms with Crippen molar-refractivity contribution in [3.8, 4) is 5.75 Å². The molecule has 1 atom stereocenters. The van der Waals surface area contributed by atoms with Crippen molar-refractivity contribution in [3.05, 3.63) is 59.7 Å². The van der Waals surface area contributed by atoms with E-state index in [0.29, 0.717) is 12.0 Å². The van der Waals surface area contributed by atoms with Gasteiger partial charge in [0.05, 0.1) is 18.0 Å². The van der Waals surface area contributed by atoms with E-state index in [0.717, 1.165) is 11.3 Å². The number of benzene rings is 2. The molecular weight excluding hydrogens is 340 g/mol. The minimum absolute atomic E-state index is 0.0557. The minimum atomic E-state index is -3.59. The van der Waals surface area contributed by atoms with E-state index in [1.807, 2.05) is 31.2 Å². The normalized spacial score (nSPS) is 12.4. The molecule has 2 aromatic rings. The number of methoxy groups -OCH3 is 1. The van der Waals surface area contributed by atoms with Crippen LogP contribution in [-0.4, -0.2) is 28.5 Å². The fourth-order valence-electron chi connectivity index (χ4n) is 2.42. The van der Waals surface area contributed by atoms with Gasteiger partial charge in [-0.3, -0.25) is 4.79 Å². The molecule has 1 unspecified atom stereocenters. The molecule has 6 nitrogen and oxygen atoms in total. The molecule has 0 radical (unpaired) electrons. The third kappa shape index (κ3) is 4.58.